The molecule has 1 atom stereocenters. The first-order valence-corrected chi connectivity index (χ1v) is 8.08. The van der Waals surface area contributed by atoms with Crippen molar-refractivity contribution in [3.63, 3.8) is 0 Å². The fourth-order valence-corrected chi connectivity index (χ4v) is 6.36. The minimum absolute atomic E-state index is 0.366. The number of nitrogens with one attached hydrogen (secondary N) is 1. The molecule has 1 saturated heterocycles. The minimum Gasteiger partial charge on any atom is -0.480 e. The van der Waals surface area contributed by atoms with Crippen LogP contribution in [0.3, 0.4) is 0 Å². The van der Waals surface area contributed by atoms with E-state index in [1.54, 1.807) is 0 Å². The number of carboxylic acid groups (broad SMARTS) is 1. The Kier molecular flexibility index (Phi) is 2.55. The SMILES string of the molecule is O=C(O)C1(CC23CC4CC(CC(C4)C2)C3)CCCN1. The Morgan fingerprint density at radius 2 is 1.68 bits per heavy atom. The van der Waals surface area contributed by atoms with E-state index in [-0.39, 0.29) is 0 Å². The lowest BCUT2D eigenvalue weighted by atomic mass is 9.47. The first-order valence-electron chi connectivity index (χ1n) is 8.08. The molecule has 0 aromatic carbocycles. The number of carbonyl (C=O) groups is 1. The van der Waals surface area contributed by atoms with E-state index in [0.717, 1.165) is 43.6 Å². The normalized spacial score (nSPS) is 51.7. The van der Waals surface area contributed by atoms with Crippen molar-refractivity contribution in [2.75, 3.05) is 6.54 Å². The molecule has 1 unspecified atom stereocenters. The zero-order chi connectivity index (χ0) is 13.1. The molecule has 4 saturated carbocycles. The lowest BCUT2D eigenvalue weighted by Gasteiger charge is -2.58. The summed E-state index contributed by atoms with van der Waals surface area (Å²) in [7, 11) is 0. The number of hydrogen-bond acceptors (Lipinski definition) is 2. The molecule has 2 N–H and O–H groups in total. The van der Waals surface area contributed by atoms with Gasteiger partial charge in [-0.2, -0.15) is 0 Å². The minimum atomic E-state index is -0.597. The van der Waals surface area contributed by atoms with Crippen molar-refractivity contribution in [3.05, 3.63) is 0 Å². The van der Waals surface area contributed by atoms with E-state index in [1.165, 1.54) is 38.5 Å². The van der Waals surface area contributed by atoms with Gasteiger partial charge in [0.25, 0.3) is 0 Å². The van der Waals surface area contributed by atoms with Crippen LogP contribution in [0.5, 0.6) is 0 Å². The van der Waals surface area contributed by atoms with Crippen LogP contribution in [0.25, 0.3) is 0 Å². The van der Waals surface area contributed by atoms with Gasteiger partial charge < -0.3 is 10.4 Å². The van der Waals surface area contributed by atoms with Gasteiger partial charge in [0.2, 0.25) is 0 Å². The molecule has 106 valence electrons. The van der Waals surface area contributed by atoms with Crippen LogP contribution in [0, 0.1) is 23.2 Å². The van der Waals surface area contributed by atoms with Gasteiger partial charge in [0.15, 0.2) is 0 Å². The summed E-state index contributed by atoms with van der Waals surface area (Å²) in [6.45, 7) is 0.888. The van der Waals surface area contributed by atoms with Gasteiger partial charge in [-0.05, 0) is 87.5 Å². The fraction of sp³-hybridized carbons (Fsp3) is 0.938. The number of carboxylic acids is 1. The standard InChI is InChI=1S/C16H25NO2/c18-14(19)16(2-1-3-17-16)10-15-7-11-4-12(8-15)6-13(5-11)9-15/h11-13,17H,1-10H2,(H,18,19). The molecule has 3 nitrogen and oxygen atoms in total. The van der Waals surface area contributed by atoms with Crippen molar-refractivity contribution in [1.82, 2.24) is 5.32 Å². The van der Waals surface area contributed by atoms with Crippen molar-refractivity contribution < 1.29 is 9.90 Å². The highest BCUT2D eigenvalue weighted by atomic mass is 16.4. The van der Waals surface area contributed by atoms with Crippen LogP contribution in [-0.2, 0) is 4.79 Å². The zero-order valence-electron chi connectivity index (χ0n) is 11.7. The van der Waals surface area contributed by atoms with Crippen molar-refractivity contribution >= 4 is 5.97 Å². The molecule has 5 aliphatic rings. The second-order valence-corrected chi connectivity index (χ2v) is 8.01. The van der Waals surface area contributed by atoms with Crippen molar-refractivity contribution in [2.24, 2.45) is 23.2 Å². The van der Waals surface area contributed by atoms with Gasteiger partial charge in [0, 0.05) is 0 Å². The summed E-state index contributed by atoms with van der Waals surface area (Å²) < 4.78 is 0. The van der Waals surface area contributed by atoms with Crippen LogP contribution in [0.4, 0.5) is 0 Å². The first-order chi connectivity index (χ1) is 9.09. The molecule has 0 amide bonds. The summed E-state index contributed by atoms with van der Waals surface area (Å²) in [5, 5.41) is 13.0. The van der Waals surface area contributed by atoms with Gasteiger partial charge in [-0.3, -0.25) is 4.79 Å². The molecule has 3 heteroatoms. The van der Waals surface area contributed by atoms with Gasteiger partial charge in [0.05, 0.1) is 0 Å². The van der Waals surface area contributed by atoms with Gasteiger partial charge >= 0.3 is 5.97 Å². The lowest BCUT2D eigenvalue weighted by molar-refractivity contribution is -0.149. The maximum absolute atomic E-state index is 11.8. The van der Waals surface area contributed by atoms with Crippen molar-refractivity contribution in [3.8, 4) is 0 Å². The Hall–Kier alpha value is -0.570. The van der Waals surface area contributed by atoms with E-state index >= 15 is 0 Å². The van der Waals surface area contributed by atoms with Crippen LogP contribution in [-0.4, -0.2) is 23.2 Å². The van der Waals surface area contributed by atoms with Gasteiger partial charge in [0.1, 0.15) is 5.54 Å². The molecular formula is C16H25NO2. The predicted octanol–water partition coefficient (Wildman–Crippen LogP) is 2.80. The molecule has 1 aliphatic heterocycles. The monoisotopic (exact) mass is 263 g/mol. The first kappa shape index (κ1) is 12.2. The van der Waals surface area contributed by atoms with Crippen LogP contribution in [0.15, 0.2) is 0 Å². The molecule has 19 heavy (non-hydrogen) atoms. The third-order valence-electron chi connectivity index (χ3n) is 6.49. The Balaban J connectivity index is 1.60. The molecular weight excluding hydrogens is 238 g/mol. The Morgan fingerprint density at radius 1 is 1.11 bits per heavy atom. The maximum Gasteiger partial charge on any atom is 0.323 e. The van der Waals surface area contributed by atoms with Crippen molar-refractivity contribution in [1.29, 1.82) is 0 Å². The lowest BCUT2D eigenvalue weighted by Crippen LogP contribution is -2.55. The van der Waals surface area contributed by atoms with E-state index in [0.29, 0.717) is 5.41 Å². The summed E-state index contributed by atoms with van der Waals surface area (Å²) in [6, 6.07) is 0. The highest BCUT2D eigenvalue weighted by molar-refractivity contribution is 5.79. The van der Waals surface area contributed by atoms with Crippen LogP contribution in [0.2, 0.25) is 0 Å². The van der Waals surface area contributed by atoms with Crippen LogP contribution in [0.1, 0.15) is 57.8 Å². The molecule has 0 aromatic rings. The highest BCUT2D eigenvalue weighted by Crippen LogP contribution is 2.62. The molecule has 0 aromatic heterocycles. The van der Waals surface area contributed by atoms with Gasteiger partial charge in [-0.15, -0.1) is 0 Å². The van der Waals surface area contributed by atoms with E-state index in [1.807, 2.05) is 0 Å². The average molecular weight is 263 g/mol. The van der Waals surface area contributed by atoms with Crippen molar-refractivity contribution in [2.45, 2.75) is 63.3 Å². The Bertz CT molecular complexity index is 362. The summed E-state index contributed by atoms with van der Waals surface area (Å²) in [6.07, 6.45) is 11.0. The van der Waals surface area contributed by atoms with Crippen LogP contribution < -0.4 is 5.32 Å². The van der Waals surface area contributed by atoms with Gasteiger partial charge in [-0.25, -0.2) is 0 Å². The zero-order valence-corrected chi connectivity index (χ0v) is 11.7. The number of aliphatic carboxylic acids is 1. The maximum atomic E-state index is 11.8. The topological polar surface area (TPSA) is 49.3 Å². The molecule has 1 heterocycles. The summed E-state index contributed by atoms with van der Waals surface area (Å²) in [4.78, 5) is 11.8. The third kappa shape index (κ3) is 1.84. The summed E-state index contributed by atoms with van der Waals surface area (Å²) in [5.74, 6) is 2.15. The second-order valence-electron chi connectivity index (χ2n) is 8.01. The van der Waals surface area contributed by atoms with Crippen LogP contribution >= 0.6 is 0 Å². The Labute approximate surface area is 115 Å². The smallest absolute Gasteiger partial charge is 0.323 e. The van der Waals surface area contributed by atoms with E-state index < -0.39 is 11.5 Å². The summed E-state index contributed by atoms with van der Waals surface area (Å²) >= 11 is 0. The molecule has 0 spiro atoms. The predicted molar refractivity (Wildman–Crippen MR) is 72.8 cm³/mol. The highest BCUT2D eigenvalue weighted by Gasteiger charge is 2.55. The van der Waals surface area contributed by atoms with E-state index in [4.69, 9.17) is 0 Å². The van der Waals surface area contributed by atoms with E-state index in [2.05, 4.69) is 5.32 Å². The number of hydrogen-bond donors (Lipinski definition) is 2. The molecule has 4 bridgehead atoms. The Morgan fingerprint density at radius 3 is 2.11 bits per heavy atom. The molecule has 0 radical (unpaired) electrons. The third-order valence-corrected chi connectivity index (χ3v) is 6.49. The molecule has 5 rings (SSSR count). The molecule has 5 fully saturated rings. The number of rotatable bonds is 3. The van der Waals surface area contributed by atoms with E-state index in [9.17, 15) is 9.90 Å². The summed E-state index contributed by atoms with van der Waals surface area (Å²) in [5.41, 5.74) is -0.226. The van der Waals surface area contributed by atoms with Gasteiger partial charge in [-0.1, -0.05) is 0 Å². The molecule has 4 aliphatic carbocycles. The largest absolute Gasteiger partial charge is 0.480 e. The quantitative estimate of drug-likeness (QED) is 0.823. The fourth-order valence-electron chi connectivity index (χ4n) is 6.36. The average Bonchev–Trinajstić information content (AvgIpc) is 2.76. The second kappa shape index (κ2) is 3.97.